The minimum Gasteiger partial charge on any atom is -0.454 e. The van der Waals surface area contributed by atoms with Crippen LogP contribution in [0.15, 0.2) is 42.5 Å². The summed E-state index contributed by atoms with van der Waals surface area (Å²) in [7, 11) is 0. The van der Waals surface area contributed by atoms with Gasteiger partial charge in [-0.25, -0.2) is 9.18 Å². The topological polar surface area (TPSA) is 45.3 Å². The summed E-state index contributed by atoms with van der Waals surface area (Å²) in [6, 6.07) is 12.4. The van der Waals surface area contributed by atoms with Gasteiger partial charge in [-0.15, -0.1) is 0 Å². The number of benzene rings is 2. The van der Waals surface area contributed by atoms with Gasteiger partial charge in [0.05, 0.1) is 5.56 Å². The molecule has 3 aromatic rings. The minimum absolute atomic E-state index is 0.337. The molecule has 0 bridgehead atoms. The summed E-state index contributed by atoms with van der Waals surface area (Å²) in [5.41, 5.74) is 4.13. The number of nitrogens with zero attached hydrogens (tertiary/aromatic N) is 1. The Hall–Kier alpha value is -2.66. The van der Waals surface area contributed by atoms with Gasteiger partial charge in [-0.3, -0.25) is 0 Å². The molecule has 0 spiro atoms. The van der Waals surface area contributed by atoms with Crippen LogP contribution in [0.5, 0.6) is 0 Å². The van der Waals surface area contributed by atoms with Gasteiger partial charge in [0.25, 0.3) is 0 Å². The SMILES string of the molecule is Cc1[nH]c2ccc(CCN3CCCC3)cc2c1C(=O)OC(C)c1cccc(F)c1. The van der Waals surface area contributed by atoms with E-state index in [9.17, 15) is 9.18 Å². The van der Waals surface area contributed by atoms with Crippen molar-refractivity contribution in [2.75, 3.05) is 19.6 Å². The first-order chi connectivity index (χ1) is 14.0. The van der Waals surface area contributed by atoms with Gasteiger partial charge in [-0.05, 0) is 81.6 Å². The van der Waals surface area contributed by atoms with Crippen LogP contribution >= 0.6 is 0 Å². The van der Waals surface area contributed by atoms with Gasteiger partial charge in [0.15, 0.2) is 0 Å². The van der Waals surface area contributed by atoms with Crippen molar-refractivity contribution >= 4 is 16.9 Å². The van der Waals surface area contributed by atoms with Crippen molar-refractivity contribution in [2.24, 2.45) is 0 Å². The normalized spacial score (nSPS) is 15.7. The van der Waals surface area contributed by atoms with Gasteiger partial charge >= 0.3 is 5.97 Å². The van der Waals surface area contributed by atoms with Crippen LogP contribution in [0, 0.1) is 12.7 Å². The van der Waals surface area contributed by atoms with Crippen LogP contribution in [-0.2, 0) is 11.2 Å². The summed E-state index contributed by atoms with van der Waals surface area (Å²) < 4.78 is 19.2. The van der Waals surface area contributed by atoms with Crippen molar-refractivity contribution in [1.82, 2.24) is 9.88 Å². The maximum Gasteiger partial charge on any atom is 0.341 e. The first-order valence-electron chi connectivity index (χ1n) is 10.3. The Labute approximate surface area is 170 Å². The lowest BCUT2D eigenvalue weighted by molar-refractivity contribution is 0.0339. The first kappa shape index (κ1) is 19.6. The maximum atomic E-state index is 13.5. The van der Waals surface area contributed by atoms with Gasteiger partial charge in [0.2, 0.25) is 0 Å². The molecule has 29 heavy (non-hydrogen) atoms. The molecule has 0 amide bonds. The van der Waals surface area contributed by atoms with E-state index in [0.29, 0.717) is 11.1 Å². The molecule has 2 aromatic carbocycles. The lowest BCUT2D eigenvalue weighted by Gasteiger charge is -2.15. The van der Waals surface area contributed by atoms with E-state index in [4.69, 9.17) is 4.74 Å². The molecule has 0 aliphatic carbocycles. The molecule has 4 nitrogen and oxygen atoms in total. The van der Waals surface area contributed by atoms with Crippen LogP contribution in [0.1, 0.15) is 53.0 Å². The van der Waals surface area contributed by atoms with Gasteiger partial charge in [-0.2, -0.15) is 0 Å². The van der Waals surface area contributed by atoms with Gasteiger partial charge in [0.1, 0.15) is 11.9 Å². The molecule has 1 aliphatic rings. The predicted molar refractivity (Wildman–Crippen MR) is 113 cm³/mol. The second-order valence-corrected chi connectivity index (χ2v) is 7.91. The standard InChI is InChI=1S/C24H27FN2O2/c1-16-23(24(28)29-17(2)19-6-5-7-20(25)15-19)21-14-18(8-9-22(21)26-16)10-13-27-11-3-4-12-27/h5-9,14-15,17,26H,3-4,10-13H2,1-2H3. The number of carbonyl (C=O) groups excluding carboxylic acids is 1. The highest BCUT2D eigenvalue weighted by atomic mass is 19.1. The summed E-state index contributed by atoms with van der Waals surface area (Å²) in [5.74, 6) is -0.724. The number of likely N-dealkylation sites (tertiary alicyclic amines) is 1. The second-order valence-electron chi connectivity index (χ2n) is 7.91. The van der Waals surface area contributed by atoms with E-state index in [1.54, 1.807) is 19.1 Å². The monoisotopic (exact) mass is 394 g/mol. The van der Waals surface area contributed by atoms with Crippen LogP contribution in [0.3, 0.4) is 0 Å². The molecule has 1 unspecified atom stereocenters. The largest absolute Gasteiger partial charge is 0.454 e. The summed E-state index contributed by atoms with van der Waals surface area (Å²) >= 11 is 0. The van der Waals surface area contributed by atoms with E-state index in [1.165, 1.54) is 43.6 Å². The third-order valence-corrected chi connectivity index (χ3v) is 5.77. The Morgan fingerprint density at radius 3 is 2.76 bits per heavy atom. The molecular formula is C24H27FN2O2. The van der Waals surface area contributed by atoms with E-state index in [-0.39, 0.29) is 11.8 Å². The molecule has 0 saturated carbocycles. The number of H-pyrrole nitrogens is 1. The van der Waals surface area contributed by atoms with Crippen LogP contribution in [-0.4, -0.2) is 35.5 Å². The van der Waals surface area contributed by atoms with E-state index in [2.05, 4.69) is 22.0 Å². The smallest absolute Gasteiger partial charge is 0.341 e. The Bertz CT molecular complexity index is 1020. The highest BCUT2D eigenvalue weighted by molar-refractivity contribution is 6.05. The number of aryl methyl sites for hydroxylation is 1. The van der Waals surface area contributed by atoms with Crippen molar-refractivity contribution in [1.29, 1.82) is 0 Å². The fraction of sp³-hybridized carbons (Fsp3) is 0.375. The third kappa shape index (κ3) is 4.35. The number of aromatic nitrogens is 1. The number of hydrogen-bond acceptors (Lipinski definition) is 3. The average molecular weight is 394 g/mol. The molecule has 1 N–H and O–H groups in total. The average Bonchev–Trinajstić information content (AvgIpc) is 3.32. The molecule has 0 radical (unpaired) electrons. The Balaban J connectivity index is 1.54. The fourth-order valence-electron chi connectivity index (χ4n) is 4.13. The third-order valence-electron chi connectivity index (χ3n) is 5.77. The summed E-state index contributed by atoms with van der Waals surface area (Å²) in [6.07, 6.45) is 3.01. The molecular weight excluding hydrogens is 367 g/mol. The number of esters is 1. The zero-order valence-electron chi connectivity index (χ0n) is 17.0. The summed E-state index contributed by atoms with van der Waals surface area (Å²) in [6.45, 7) is 7.05. The number of fused-ring (bicyclic) bond motifs is 1. The molecule has 1 aliphatic heterocycles. The molecule has 1 saturated heterocycles. The van der Waals surface area contributed by atoms with Gasteiger partial charge in [-0.1, -0.05) is 18.2 Å². The highest BCUT2D eigenvalue weighted by Gasteiger charge is 2.21. The molecule has 2 heterocycles. The van der Waals surface area contributed by atoms with Crippen molar-refractivity contribution in [3.05, 3.63) is 70.7 Å². The van der Waals surface area contributed by atoms with Crippen LogP contribution in [0.4, 0.5) is 4.39 Å². The molecule has 5 heteroatoms. The van der Waals surface area contributed by atoms with Crippen LogP contribution < -0.4 is 0 Å². The van der Waals surface area contributed by atoms with Crippen LogP contribution in [0.25, 0.3) is 10.9 Å². The van der Waals surface area contributed by atoms with Crippen molar-refractivity contribution in [3.8, 4) is 0 Å². The molecule has 4 rings (SSSR count). The number of halogens is 1. The Kier molecular flexibility index (Phi) is 5.67. The maximum absolute atomic E-state index is 13.5. The zero-order valence-corrected chi connectivity index (χ0v) is 17.0. The number of nitrogens with one attached hydrogen (secondary N) is 1. The lowest BCUT2D eigenvalue weighted by atomic mass is 10.1. The van der Waals surface area contributed by atoms with Crippen molar-refractivity contribution < 1.29 is 13.9 Å². The molecule has 1 atom stereocenters. The highest BCUT2D eigenvalue weighted by Crippen LogP contribution is 2.27. The lowest BCUT2D eigenvalue weighted by Crippen LogP contribution is -2.21. The zero-order chi connectivity index (χ0) is 20.4. The van der Waals surface area contributed by atoms with Crippen molar-refractivity contribution in [2.45, 2.75) is 39.2 Å². The Morgan fingerprint density at radius 2 is 2.00 bits per heavy atom. The summed E-state index contributed by atoms with van der Waals surface area (Å²) in [4.78, 5) is 18.7. The van der Waals surface area contributed by atoms with Crippen molar-refractivity contribution in [3.63, 3.8) is 0 Å². The first-order valence-corrected chi connectivity index (χ1v) is 10.3. The molecule has 1 fully saturated rings. The number of hydrogen-bond donors (Lipinski definition) is 1. The summed E-state index contributed by atoms with van der Waals surface area (Å²) in [5, 5.41) is 0.887. The fourth-order valence-corrected chi connectivity index (χ4v) is 4.13. The number of carbonyl (C=O) groups is 1. The Morgan fingerprint density at radius 1 is 1.21 bits per heavy atom. The van der Waals surface area contributed by atoms with Crippen LogP contribution in [0.2, 0.25) is 0 Å². The van der Waals surface area contributed by atoms with E-state index >= 15 is 0 Å². The quantitative estimate of drug-likeness (QED) is 0.587. The number of rotatable bonds is 6. The van der Waals surface area contributed by atoms with Gasteiger partial charge in [0, 0.05) is 23.1 Å². The van der Waals surface area contributed by atoms with E-state index in [1.807, 2.05) is 13.0 Å². The second kappa shape index (κ2) is 8.37. The van der Waals surface area contributed by atoms with E-state index < -0.39 is 6.10 Å². The number of ether oxygens (including phenoxy) is 1. The van der Waals surface area contributed by atoms with Gasteiger partial charge < -0.3 is 14.6 Å². The molecule has 152 valence electrons. The minimum atomic E-state index is -0.527. The molecule has 1 aromatic heterocycles. The van der Waals surface area contributed by atoms with E-state index in [0.717, 1.165) is 29.6 Å². The predicted octanol–water partition coefficient (Wildman–Crippen LogP) is 5.17. The number of aromatic amines is 1.